The van der Waals surface area contributed by atoms with Crippen molar-refractivity contribution in [3.8, 4) is 0 Å². The van der Waals surface area contributed by atoms with E-state index in [9.17, 15) is 0 Å². The quantitative estimate of drug-likeness (QED) is 0.557. The Hall–Kier alpha value is -2.31. The topological polar surface area (TPSA) is 53.4 Å². The summed E-state index contributed by atoms with van der Waals surface area (Å²) in [5.74, 6) is 2.25. The minimum Gasteiger partial charge on any atom is -0.362 e. The molecule has 1 aliphatic rings. The van der Waals surface area contributed by atoms with Crippen molar-refractivity contribution in [2.24, 2.45) is 10.9 Å². The van der Waals surface area contributed by atoms with Crippen LogP contribution in [0.2, 0.25) is 0 Å². The van der Waals surface area contributed by atoms with Gasteiger partial charge < -0.3 is 10.2 Å². The lowest BCUT2D eigenvalue weighted by Crippen LogP contribution is -2.26. The number of aryl methyl sites for hydroxylation is 1. The smallest absolute Gasteiger partial charge is 0.251 e. The van der Waals surface area contributed by atoms with E-state index in [4.69, 9.17) is 9.98 Å². The van der Waals surface area contributed by atoms with E-state index in [0.29, 0.717) is 5.95 Å². The van der Waals surface area contributed by atoms with Gasteiger partial charge in [-0.2, -0.15) is 4.98 Å². The molecule has 6 heteroatoms. The number of aromatic nitrogens is 2. The zero-order valence-electron chi connectivity index (χ0n) is 18.2. The molecule has 158 valence electrons. The number of nitrogens with one attached hydrogen (secondary N) is 1. The van der Waals surface area contributed by atoms with E-state index in [1.165, 1.54) is 28.3 Å². The molecule has 0 aliphatic heterocycles. The van der Waals surface area contributed by atoms with E-state index in [1.807, 2.05) is 48.5 Å². The van der Waals surface area contributed by atoms with E-state index in [2.05, 4.69) is 35.4 Å². The van der Waals surface area contributed by atoms with Gasteiger partial charge in [-0.3, -0.25) is 0 Å². The molecule has 3 aromatic rings. The van der Waals surface area contributed by atoms with Crippen LogP contribution in [0, 0.1) is 5.92 Å². The number of rotatable bonds is 7. The van der Waals surface area contributed by atoms with Gasteiger partial charge in [0.15, 0.2) is 0 Å². The van der Waals surface area contributed by atoms with Gasteiger partial charge in [-0.15, -0.1) is 11.3 Å². The number of hydrogen-bond acceptors (Lipinski definition) is 6. The highest BCUT2D eigenvalue weighted by molar-refractivity contribution is 7.11. The van der Waals surface area contributed by atoms with Crippen LogP contribution in [-0.4, -0.2) is 36.3 Å². The molecule has 1 fully saturated rings. The second-order valence-corrected chi connectivity index (χ2v) is 9.49. The Kier molecular flexibility index (Phi) is 6.75. The average molecular weight is 422 g/mol. The Morgan fingerprint density at radius 1 is 1.07 bits per heavy atom. The van der Waals surface area contributed by atoms with Crippen LogP contribution in [-0.2, 0) is 13.0 Å². The fourth-order valence-electron chi connectivity index (χ4n) is 4.01. The number of benzene rings is 1. The maximum Gasteiger partial charge on any atom is 0.251 e. The summed E-state index contributed by atoms with van der Waals surface area (Å²) in [6, 6.07) is 12.7. The maximum absolute atomic E-state index is 4.83. The van der Waals surface area contributed by atoms with Gasteiger partial charge in [0.25, 0.3) is 5.95 Å². The summed E-state index contributed by atoms with van der Waals surface area (Å²) in [4.78, 5) is 19.2. The molecule has 1 N–H and O–H groups in total. The number of thiophene rings is 1. The molecule has 0 bridgehead atoms. The summed E-state index contributed by atoms with van der Waals surface area (Å²) in [6.45, 7) is 4.29. The van der Waals surface area contributed by atoms with Crippen LogP contribution in [0.5, 0.6) is 0 Å². The van der Waals surface area contributed by atoms with Crippen molar-refractivity contribution >= 4 is 39.7 Å². The molecular formula is C24H31N5S. The van der Waals surface area contributed by atoms with E-state index in [1.54, 1.807) is 0 Å². The van der Waals surface area contributed by atoms with Crippen molar-refractivity contribution in [2.75, 3.05) is 25.5 Å². The molecule has 4 rings (SSSR count). The summed E-state index contributed by atoms with van der Waals surface area (Å²) in [6.07, 6.45) is 5.58. The van der Waals surface area contributed by atoms with Gasteiger partial charge >= 0.3 is 0 Å². The summed E-state index contributed by atoms with van der Waals surface area (Å²) in [5, 5.41) is 4.72. The molecule has 1 saturated carbocycles. The highest BCUT2D eigenvalue weighted by Crippen LogP contribution is 2.27. The van der Waals surface area contributed by atoms with Crippen molar-refractivity contribution in [3.05, 3.63) is 46.2 Å². The van der Waals surface area contributed by atoms with Crippen molar-refractivity contribution in [3.63, 3.8) is 0 Å². The van der Waals surface area contributed by atoms with Crippen molar-refractivity contribution < 1.29 is 0 Å². The fraction of sp³-hybridized carbons (Fsp3) is 0.458. The first-order valence-corrected chi connectivity index (χ1v) is 11.7. The molecule has 2 heterocycles. The summed E-state index contributed by atoms with van der Waals surface area (Å²) < 4.78 is 0. The number of nitrogens with zero attached hydrogens (tertiary/aromatic N) is 4. The SMILES string of the molecule is CCc1ccc(CNCC2CCC(=Nc3nc(N(C)C)c4ccccc4n3)CC2)s1. The van der Waals surface area contributed by atoms with Crippen LogP contribution in [0.3, 0.4) is 0 Å². The third-order valence-electron chi connectivity index (χ3n) is 5.73. The second kappa shape index (κ2) is 9.67. The monoisotopic (exact) mass is 421 g/mol. The largest absolute Gasteiger partial charge is 0.362 e. The Bertz CT molecular complexity index is 1010. The van der Waals surface area contributed by atoms with E-state index < -0.39 is 0 Å². The second-order valence-electron chi connectivity index (χ2n) is 8.23. The van der Waals surface area contributed by atoms with Crippen LogP contribution in [0.4, 0.5) is 11.8 Å². The lowest BCUT2D eigenvalue weighted by atomic mass is 9.88. The summed E-state index contributed by atoms with van der Waals surface area (Å²) in [5.41, 5.74) is 2.19. The lowest BCUT2D eigenvalue weighted by Gasteiger charge is -2.23. The van der Waals surface area contributed by atoms with Gasteiger partial charge in [-0.25, -0.2) is 9.98 Å². The van der Waals surface area contributed by atoms with E-state index >= 15 is 0 Å². The molecule has 0 radical (unpaired) electrons. The van der Waals surface area contributed by atoms with Crippen LogP contribution >= 0.6 is 11.3 Å². The molecule has 1 aliphatic carbocycles. The van der Waals surface area contributed by atoms with Gasteiger partial charge in [-0.05, 0) is 68.8 Å². The number of hydrogen-bond donors (Lipinski definition) is 1. The highest BCUT2D eigenvalue weighted by Gasteiger charge is 2.18. The van der Waals surface area contributed by atoms with Crippen molar-refractivity contribution in [1.29, 1.82) is 0 Å². The van der Waals surface area contributed by atoms with Gasteiger partial charge in [0.05, 0.1) is 5.52 Å². The van der Waals surface area contributed by atoms with Gasteiger partial charge in [-0.1, -0.05) is 19.1 Å². The first-order chi connectivity index (χ1) is 14.6. The first kappa shape index (κ1) is 20.9. The molecule has 5 nitrogen and oxygen atoms in total. The molecule has 2 aromatic heterocycles. The number of anilines is 1. The molecule has 0 spiro atoms. The zero-order valence-corrected chi connectivity index (χ0v) is 19.0. The van der Waals surface area contributed by atoms with Crippen LogP contribution in [0.1, 0.15) is 42.4 Å². The number of para-hydroxylation sites is 1. The third-order valence-corrected chi connectivity index (χ3v) is 6.96. The normalized spacial score (nSPS) is 16.8. The molecule has 30 heavy (non-hydrogen) atoms. The molecule has 1 aromatic carbocycles. The molecule has 0 amide bonds. The number of fused-ring (bicyclic) bond motifs is 1. The molecule has 0 unspecified atom stereocenters. The van der Waals surface area contributed by atoms with Gasteiger partial charge in [0, 0.05) is 41.5 Å². The number of aliphatic imine (C=N–C) groups is 1. The lowest BCUT2D eigenvalue weighted by molar-refractivity contribution is 0.412. The van der Waals surface area contributed by atoms with Crippen LogP contribution in [0.15, 0.2) is 41.4 Å². The fourth-order valence-corrected chi connectivity index (χ4v) is 4.94. The minimum absolute atomic E-state index is 0.591. The van der Waals surface area contributed by atoms with Gasteiger partial charge in [0.1, 0.15) is 5.82 Å². The Morgan fingerprint density at radius 3 is 2.57 bits per heavy atom. The zero-order chi connectivity index (χ0) is 20.9. The predicted octanol–water partition coefficient (Wildman–Crippen LogP) is 5.37. The van der Waals surface area contributed by atoms with Crippen LogP contribution in [0.25, 0.3) is 10.9 Å². The van der Waals surface area contributed by atoms with Crippen molar-refractivity contribution in [2.45, 2.75) is 45.6 Å². The summed E-state index contributed by atoms with van der Waals surface area (Å²) >= 11 is 1.93. The highest BCUT2D eigenvalue weighted by atomic mass is 32.1. The maximum atomic E-state index is 4.83. The Morgan fingerprint density at radius 2 is 1.83 bits per heavy atom. The first-order valence-electron chi connectivity index (χ1n) is 10.9. The molecule has 0 atom stereocenters. The Labute approximate surface area is 183 Å². The standard InChI is InChI=1S/C24H31N5S/c1-4-19-13-14-20(30-19)16-25-15-17-9-11-18(12-10-17)26-24-27-22-8-6-5-7-21(22)23(28-24)29(2)3/h5-8,13-14,17,25H,4,9-12,15-16H2,1-3H3. The third kappa shape index (κ3) is 5.05. The Balaban J connectivity index is 1.34. The average Bonchev–Trinajstić information content (AvgIpc) is 3.22. The molecular weight excluding hydrogens is 390 g/mol. The van der Waals surface area contributed by atoms with Crippen LogP contribution < -0.4 is 10.2 Å². The van der Waals surface area contributed by atoms with E-state index in [0.717, 1.165) is 55.0 Å². The van der Waals surface area contributed by atoms with Gasteiger partial charge in [0.2, 0.25) is 0 Å². The molecule has 0 saturated heterocycles. The summed E-state index contributed by atoms with van der Waals surface area (Å²) in [7, 11) is 4.03. The predicted molar refractivity (Wildman–Crippen MR) is 128 cm³/mol. The minimum atomic E-state index is 0.591. The van der Waals surface area contributed by atoms with Crippen molar-refractivity contribution in [1.82, 2.24) is 15.3 Å². The van der Waals surface area contributed by atoms with E-state index in [-0.39, 0.29) is 0 Å².